The molecule has 0 saturated carbocycles. The van der Waals surface area contributed by atoms with Crippen LogP contribution in [0.4, 0.5) is 0 Å². The second-order valence-corrected chi connectivity index (χ2v) is 24.5. The molecule has 4 N–H and O–H groups in total. The van der Waals surface area contributed by atoms with Gasteiger partial charge in [-0.3, -0.25) is 0 Å². The first-order valence-electron chi connectivity index (χ1n) is 25.1. The molecule has 7 heteroatoms. The van der Waals surface area contributed by atoms with E-state index >= 15 is 0 Å². The number of aliphatic hydroxyl groups is 2. The molecule has 0 aliphatic rings. The Kier molecular flexibility index (Phi) is 20.1. The second-order valence-electron chi connectivity index (χ2n) is 22.7. The van der Waals surface area contributed by atoms with Gasteiger partial charge in [0.25, 0.3) is 11.5 Å². The molecule has 0 amide bonds. The van der Waals surface area contributed by atoms with Crippen LogP contribution in [0, 0.1) is 13.8 Å². The van der Waals surface area contributed by atoms with Crippen LogP contribution in [0.15, 0.2) is 156 Å². The Morgan fingerprint density at radius 1 is 0.397 bits per heavy atom. The quantitative estimate of drug-likeness (QED) is 0.0587. The van der Waals surface area contributed by atoms with Crippen molar-refractivity contribution in [2.24, 2.45) is 0 Å². The van der Waals surface area contributed by atoms with Crippen molar-refractivity contribution in [1.29, 1.82) is 0 Å². The average molecular weight is 1180 g/mol. The predicted octanol–water partition coefficient (Wildman–Crippen LogP) is 18.8. The maximum Gasteiger partial charge on any atom is 0.263 e. The number of hydrogen-bond acceptors (Lipinski definition) is 4. The van der Waals surface area contributed by atoms with Crippen molar-refractivity contribution in [1.82, 2.24) is 0 Å². The van der Waals surface area contributed by atoms with Crippen molar-refractivity contribution >= 4 is 22.7 Å². The zero-order valence-electron chi connectivity index (χ0n) is 45.4. The molecule has 2 heterocycles. The van der Waals surface area contributed by atoms with E-state index in [-0.39, 0.29) is 47.5 Å². The molecule has 6 aromatic carbocycles. The molecule has 73 heavy (non-hydrogen) atoms. The minimum Gasteiger partial charge on any atom is -0.582 e. The van der Waals surface area contributed by atoms with Gasteiger partial charge in [-0.2, -0.15) is 49.2 Å². The standard InChI is InChI=1S/C52H62O4S2.2C7H7.Hf/c1-49(2,3)35-25-33(26-36(29-35)50(4,5)6)41-31-57-47(45(41)53)39-19-13-15-21-43(39)55-23-17-18-24-56-44-22-16-14-20-40(44)48-46(54)42(32-58-48)34-27-37(51(7,8)9)30-38(28-34)52(10,11)12;2*1-7-5-3-2-4-6-7;/h13-16,19-22,25-32,53-54H,17-18,23-24H2,1-12H3;2*2-6H,1H2;/q;2*-1;/p+2. The Morgan fingerprint density at radius 2 is 0.685 bits per heavy atom. The molecule has 0 fully saturated rings. The summed E-state index contributed by atoms with van der Waals surface area (Å²) in [6.07, 6.45) is 1.76. The smallest absolute Gasteiger partial charge is 0.263 e. The average Bonchev–Trinajstić information content (AvgIpc) is 3.91. The molecule has 0 aliphatic heterocycles. The molecule has 0 atom stereocenters. The Hall–Kier alpha value is -5.47. The van der Waals surface area contributed by atoms with Crippen molar-refractivity contribution in [2.45, 2.75) is 118 Å². The van der Waals surface area contributed by atoms with Gasteiger partial charge in [-0.05, 0) is 67.2 Å². The van der Waals surface area contributed by atoms with E-state index in [2.05, 4.69) is 156 Å². The Balaban J connectivity index is 0.000000566. The van der Waals surface area contributed by atoms with Gasteiger partial charge in [-0.25, -0.2) is 0 Å². The van der Waals surface area contributed by atoms with E-state index in [4.69, 9.17) is 9.47 Å². The number of rotatable bonds is 11. The van der Waals surface area contributed by atoms with Crippen molar-refractivity contribution < 1.29 is 45.5 Å². The first-order valence-corrected chi connectivity index (χ1v) is 26.9. The van der Waals surface area contributed by atoms with E-state index in [1.54, 1.807) is 22.7 Å². The summed E-state index contributed by atoms with van der Waals surface area (Å²) in [7, 11) is 0. The van der Waals surface area contributed by atoms with Gasteiger partial charge in [0, 0.05) is 72.7 Å². The summed E-state index contributed by atoms with van der Waals surface area (Å²) in [5.41, 5.74) is 12.9. The number of thiophene rings is 2. The van der Waals surface area contributed by atoms with Crippen LogP contribution in [-0.2, 0) is 47.5 Å². The summed E-state index contributed by atoms with van der Waals surface area (Å²) >= 11 is 3.14. The zero-order valence-corrected chi connectivity index (χ0v) is 50.6. The van der Waals surface area contributed by atoms with Gasteiger partial charge in [0.2, 0.25) is 0 Å². The summed E-state index contributed by atoms with van der Waals surface area (Å²) in [5, 5.41) is 27.6. The fourth-order valence-electron chi connectivity index (χ4n) is 7.98. The molecule has 0 radical (unpaired) electrons. The molecule has 8 rings (SSSR count). The van der Waals surface area contributed by atoms with Crippen molar-refractivity contribution in [2.75, 3.05) is 13.2 Å². The van der Waals surface area contributed by atoms with E-state index in [0.29, 0.717) is 24.7 Å². The van der Waals surface area contributed by atoms with Crippen LogP contribution in [0.25, 0.3) is 43.1 Å². The predicted molar refractivity (Wildman–Crippen MR) is 313 cm³/mol. The summed E-state index contributed by atoms with van der Waals surface area (Å²) in [6.45, 7) is 35.6. The van der Waals surface area contributed by atoms with E-state index in [9.17, 15) is 10.2 Å². The first-order chi connectivity index (χ1) is 33.9. The molecule has 0 saturated heterocycles. The summed E-state index contributed by atoms with van der Waals surface area (Å²) in [4.78, 5) is 1.69. The third kappa shape index (κ3) is 16.0. The maximum atomic E-state index is 11.7. The van der Waals surface area contributed by atoms with Crippen LogP contribution in [0.3, 0.4) is 0 Å². The first kappa shape index (κ1) is 58.4. The number of benzene rings is 6. The Labute approximate surface area is 465 Å². The minimum absolute atomic E-state index is 0. The number of ether oxygens (including phenoxy) is 2. The van der Waals surface area contributed by atoms with Gasteiger partial charge in [0.05, 0.1) is 20.9 Å². The van der Waals surface area contributed by atoms with E-state index in [1.807, 2.05) is 97.1 Å². The van der Waals surface area contributed by atoms with Crippen LogP contribution in [0.1, 0.15) is 129 Å². The summed E-state index contributed by atoms with van der Waals surface area (Å²) in [6, 6.07) is 49.6. The zero-order chi connectivity index (χ0) is 52.4. The summed E-state index contributed by atoms with van der Waals surface area (Å²) in [5.74, 6) is 2.40. The van der Waals surface area contributed by atoms with Crippen molar-refractivity contribution in [3.8, 4) is 66.1 Å². The molecule has 0 unspecified atom stereocenters. The monoisotopic (exact) mass is 1180 g/mol. The van der Waals surface area contributed by atoms with Gasteiger partial charge < -0.3 is 19.7 Å². The van der Waals surface area contributed by atoms with Gasteiger partial charge in [0.15, 0.2) is 13.2 Å². The fourth-order valence-corrected chi connectivity index (χ4v) is 9.99. The molecular weight excluding hydrogens is 1100 g/mol. The van der Waals surface area contributed by atoms with Crippen molar-refractivity contribution in [3.63, 3.8) is 0 Å². The third-order valence-corrected chi connectivity index (χ3v) is 14.6. The molecule has 0 spiro atoms. The van der Waals surface area contributed by atoms with Gasteiger partial charge in [-0.15, -0.1) is 46.9 Å². The van der Waals surface area contributed by atoms with E-state index in [1.165, 1.54) is 22.3 Å². The topological polar surface area (TPSA) is 66.1 Å². The maximum absolute atomic E-state index is 11.7. The van der Waals surface area contributed by atoms with Crippen LogP contribution < -0.4 is 0 Å². The number of hydrogen-bond donors (Lipinski definition) is 2. The van der Waals surface area contributed by atoms with Crippen molar-refractivity contribution in [3.05, 3.63) is 204 Å². The largest absolute Gasteiger partial charge is 0.582 e. The summed E-state index contributed by atoms with van der Waals surface area (Å²) < 4.78 is 10.0. The molecule has 382 valence electrons. The Bertz CT molecular complexity index is 2720. The molecule has 0 bridgehead atoms. The van der Waals surface area contributed by atoms with Crippen LogP contribution in [0.2, 0.25) is 0 Å². The molecule has 2 aromatic heterocycles. The third-order valence-electron chi connectivity index (χ3n) is 12.6. The van der Waals surface area contributed by atoms with Crippen LogP contribution in [-0.4, -0.2) is 32.9 Å². The number of para-hydroxylation sites is 2. The van der Waals surface area contributed by atoms with E-state index in [0.717, 1.165) is 78.6 Å². The molecule has 8 aromatic rings. The number of unbranched alkanes of at least 4 members (excludes halogenated alkanes) is 1. The second kappa shape index (κ2) is 25.2. The minimum atomic E-state index is -0.0136. The normalized spacial score (nSPS) is 11.6. The van der Waals surface area contributed by atoms with E-state index < -0.39 is 0 Å². The van der Waals surface area contributed by atoms with Gasteiger partial charge in [0.1, 0.15) is 11.5 Å². The molecule has 4 nitrogen and oxygen atoms in total. The van der Waals surface area contributed by atoms with Gasteiger partial charge >= 0.3 is 0 Å². The molecular formula is C66H78HfO4S2. The van der Waals surface area contributed by atoms with Crippen LogP contribution >= 0.6 is 22.7 Å². The number of aromatic hydroxyl groups is 4. The molecule has 0 aliphatic carbocycles. The fraction of sp³-hybridized carbons (Fsp3) is 0.303. The Morgan fingerprint density at radius 3 is 0.959 bits per heavy atom. The SMILES string of the molecule is CC(C)(C)c1cc(-c2csc(-c3ccccc3[OH+]CCCC[OH+]c3ccccc3-c3scc(-c4cc(C(C)(C)C)cc(C(C)(C)C)c4)c3O)c2O)cc(C(C)(C)C)c1.[CH2-]c1ccccc1.[CH2-]c1ccccc1.[Hf]. The van der Waals surface area contributed by atoms with Crippen LogP contribution in [0.5, 0.6) is 23.0 Å². The van der Waals surface area contributed by atoms with Gasteiger partial charge in [-0.1, -0.05) is 156 Å².